The minimum absolute atomic E-state index is 0.555. The molecule has 1 saturated heterocycles. The van der Waals surface area contributed by atoms with E-state index in [-0.39, 0.29) is 0 Å². The number of anilines is 2. The standard InChI is InChI=1S/C16H20N4O2/c1-21-15-6-7-17-16(19-15)18-12-13-4-2-3-5-14(13)20-8-10-22-11-9-20/h2-7H,8-12H2,1H3,(H,17,18,19). The lowest BCUT2D eigenvalue weighted by molar-refractivity contribution is 0.122. The van der Waals surface area contributed by atoms with E-state index in [4.69, 9.17) is 9.47 Å². The molecule has 1 aromatic heterocycles. The number of methoxy groups -OCH3 is 1. The maximum Gasteiger partial charge on any atom is 0.226 e. The van der Waals surface area contributed by atoms with E-state index >= 15 is 0 Å². The summed E-state index contributed by atoms with van der Waals surface area (Å²) in [6.45, 7) is 4.07. The Labute approximate surface area is 130 Å². The molecular formula is C16H20N4O2. The van der Waals surface area contributed by atoms with Crippen LogP contribution in [0.15, 0.2) is 36.5 Å². The predicted molar refractivity (Wildman–Crippen MR) is 85.4 cm³/mol. The van der Waals surface area contributed by atoms with E-state index in [1.165, 1.54) is 11.3 Å². The van der Waals surface area contributed by atoms with Gasteiger partial charge in [-0.1, -0.05) is 18.2 Å². The van der Waals surface area contributed by atoms with Gasteiger partial charge in [0.25, 0.3) is 0 Å². The molecule has 0 saturated carbocycles. The highest BCUT2D eigenvalue weighted by Gasteiger charge is 2.14. The van der Waals surface area contributed by atoms with Crippen LogP contribution in [-0.2, 0) is 11.3 Å². The van der Waals surface area contributed by atoms with Crippen molar-refractivity contribution in [3.63, 3.8) is 0 Å². The SMILES string of the molecule is COc1ccnc(NCc2ccccc2N2CCOCC2)n1. The van der Waals surface area contributed by atoms with Crippen LogP contribution >= 0.6 is 0 Å². The fourth-order valence-electron chi connectivity index (χ4n) is 2.49. The van der Waals surface area contributed by atoms with E-state index in [0.29, 0.717) is 18.4 Å². The molecule has 2 aromatic rings. The summed E-state index contributed by atoms with van der Waals surface area (Å²) in [4.78, 5) is 10.8. The fourth-order valence-corrected chi connectivity index (χ4v) is 2.49. The van der Waals surface area contributed by atoms with E-state index in [1.807, 2.05) is 6.07 Å². The van der Waals surface area contributed by atoms with Gasteiger partial charge in [0.15, 0.2) is 0 Å². The van der Waals surface area contributed by atoms with Gasteiger partial charge < -0.3 is 19.7 Å². The van der Waals surface area contributed by atoms with Crippen LogP contribution in [0, 0.1) is 0 Å². The van der Waals surface area contributed by atoms with Crippen molar-refractivity contribution in [2.75, 3.05) is 43.6 Å². The van der Waals surface area contributed by atoms with Crippen molar-refractivity contribution in [1.82, 2.24) is 9.97 Å². The Bertz CT molecular complexity index is 615. The van der Waals surface area contributed by atoms with Gasteiger partial charge in [0, 0.05) is 37.6 Å². The molecule has 0 spiro atoms. The normalized spacial score (nSPS) is 14.7. The van der Waals surface area contributed by atoms with Crippen LogP contribution in [0.25, 0.3) is 0 Å². The lowest BCUT2D eigenvalue weighted by atomic mass is 10.1. The van der Waals surface area contributed by atoms with E-state index in [1.54, 1.807) is 19.4 Å². The Morgan fingerprint density at radius 3 is 2.86 bits per heavy atom. The summed E-state index contributed by atoms with van der Waals surface area (Å²) in [6.07, 6.45) is 1.68. The highest BCUT2D eigenvalue weighted by molar-refractivity contribution is 5.55. The molecule has 0 amide bonds. The van der Waals surface area contributed by atoms with Crippen LogP contribution in [-0.4, -0.2) is 43.4 Å². The van der Waals surface area contributed by atoms with Crippen LogP contribution in [0.3, 0.4) is 0 Å². The monoisotopic (exact) mass is 300 g/mol. The smallest absolute Gasteiger partial charge is 0.226 e. The van der Waals surface area contributed by atoms with Crippen LogP contribution in [0.2, 0.25) is 0 Å². The van der Waals surface area contributed by atoms with Crippen molar-refractivity contribution in [2.45, 2.75) is 6.54 Å². The molecule has 22 heavy (non-hydrogen) atoms. The van der Waals surface area contributed by atoms with Crippen molar-refractivity contribution < 1.29 is 9.47 Å². The minimum atomic E-state index is 0.555. The highest BCUT2D eigenvalue weighted by Crippen LogP contribution is 2.22. The molecule has 0 atom stereocenters. The van der Waals surface area contributed by atoms with Gasteiger partial charge in [0.1, 0.15) is 0 Å². The average Bonchev–Trinajstić information content (AvgIpc) is 2.61. The largest absolute Gasteiger partial charge is 0.481 e. The summed E-state index contributed by atoms with van der Waals surface area (Å²) in [6, 6.07) is 10.1. The van der Waals surface area contributed by atoms with E-state index < -0.39 is 0 Å². The molecule has 0 unspecified atom stereocenters. The second-order valence-corrected chi connectivity index (χ2v) is 5.00. The number of hydrogen-bond donors (Lipinski definition) is 1. The van der Waals surface area contributed by atoms with Crippen LogP contribution in [0.5, 0.6) is 5.88 Å². The Kier molecular flexibility index (Phi) is 4.70. The Morgan fingerprint density at radius 1 is 1.23 bits per heavy atom. The molecule has 1 aliphatic rings. The predicted octanol–water partition coefficient (Wildman–Crippen LogP) is 1.93. The van der Waals surface area contributed by atoms with Gasteiger partial charge in [-0.25, -0.2) is 4.98 Å². The van der Waals surface area contributed by atoms with Gasteiger partial charge in [-0.05, 0) is 11.6 Å². The zero-order chi connectivity index (χ0) is 15.2. The quantitative estimate of drug-likeness (QED) is 0.910. The molecule has 0 aliphatic carbocycles. The van der Waals surface area contributed by atoms with Crippen LogP contribution in [0.4, 0.5) is 11.6 Å². The summed E-state index contributed by atoms with van der Waals surface area (Å²) in [7, 11) is 1.60. The van der Waals surface area contributed by atoms with Gasteiger partial charge in [-0.2, -0.15) is 4.98 Å². The first-order valence-corrected chi connectivity index (χ1v) is 7.38. The molecule has 1 aromatic carbocycles. The number of nitrogens with zero attached hydrogens (tertiary/aromatic N) is 3. The van der Waals surface area contributed by atoms with E-state index in [0.717, 1.165) is 26.3 Å². The van der Waals surface area contributed by atoms with Crippen LogP contribution in [0.1, 0.15) is 5.56 Å². The molecule has 6 nitrogen and oxygen atoms in total. The molecule has 0 bridgehead atoms. The average molecular weight is 300 g/mol. The maximum atomic E-state index is 5.42. The van der Waals surface area contributed by atoms with Crippen molar-refractivity contribution in [2.24, 2.45) is 0 Å². The third kappa shape index (κ3) is 3.46. The van der Waals surface area contributed by atoms with Gasteiger partial charge in [-0.3, -0.25) is 0 Å². The summed E-state index contributed by atoms with van der Waals surface area (Å²) in [5.74, 6) is 1.12. The Hall–Kier alpha value is -2.34. The van der Waals surface area contributed by atoms with E-state index in [9.17, 15) is 0 Å². The summed E-state index contributed by atoms with van der Waals surface area (Å²) < 4.78 is 10.5. The zero-order valence-electron chi connectivity index (χ0n) is 12.7. The topological polar surface area (TPSA) is 59.5 Å². The molecule has 6 heteroatoms. The van der Waals surface area contributed by atoms with Gasteiger partial charge in [0.05, 0.1) is 20.3 Å². The number of benzene rings is 1. The zero-order valence-corrected chi connectivity index (χ0v) is 12.7. The van der Waals surface area contributed by atoms with Gasteiger partial charge in [0.2, 0.25) is 11.8 Å². The number of nitrogens with one attached hydrogen (secondary N) is 1. The minimum Gasteiger partial charge on any atom is -0.481 e. The highest BCUT2D eigenvalue weighted by atomic mass is 16.5. The van der Waals surface area contributed by atoms with Crippen LogP contribution < -0.4 is 15.0 Å². The summed E-state index contributed by atoms with van der Waals surface area (Å²) in [5.41, 5.74) is 2.46. The van der Waals surface area contributed by atoms with Crippen molar-refractivity contribution >= 4 is 11.6 Å². The molecule has 1 aliphatic heterocycles. The first kappa shape index (κ1) is 14.6. The number of morpholine rings is 1. The lowest BCUT2D eigenvalue weighted by Crippen LogP contribution is -2.36. The number of aromatic nitrogens is 2. The molecule has 2 heterocycles. The molecule has 1 N–H and O–H groups in total. The van der Waals surface area contributed by atoms with Gasteiger partial charge in [-0.15, -0.1) is 0 Å². The first-order chi connectivity index (χ1) is 10.9. The summed E-state index contributed by atoms with van der Waals surface area (Å²) in [5, 5.41) is 3.26. The van der Waals surface area contributed by atoms with E-state index in [2.05, 4.69) is 38.4 Å². The number of hydrogen-bond acceptors (Lipinski definition) is 6. The number of rotatable bonds is 5. The Balaban J connectivity index is 1.71. The molecule has 3 rings (SSSR count). The van der Waals surface area contributed by atoms with Crippen molar-refractivity contribution in [3.05, 3.63) is 42.1 Å². The molecule has 0 radical (unpaired) electrons. The second-order valence-electron chi connectivity index (χ2n) is 5.00. The molecule has 116 valence electrons. The third-order valence-corrected chi connectivity index (χ3v) is 3.62. The third-order valence-electron chi connectivity index (χ3n) is 3.62. The number of para-hydroxylation sites is 1. The van der Waals surface area contributed by atoms with Gasteiger partial charge >= 0.3 is 0 Å². The van der Waals surface area contributed by atoms with Crippen molar-refractivity contribution in [3.8, 4) is 5.88 Å². The van der Waals surface area contributed by atoms with Crippen molar-refractivity contribution in [1.29, 1.82) is 0 Å². The summed E-state index contributed by atoms with van der Waals surface area (Å²) >= 11 is 0. The lowest BCUT2D eigenvalue weighted by Gasteiger charge is -2.30. The number of ether oxygens (including phenoxy) is 2. The molecular weight excluding hydrogens is 280 g/mol. The molecule has 1 fully saturated rings. The second kappa shape index (κ2) is 7.09. The fraction of sp³-hybridized carbons (Fsp3) is 0.375. The first-order valence-electron chi connectivity index (χ1n) is 7.38. The Morgan fingerprint density at radius 2 is 2.05 bits per heavy atom. The maximum absolute atomic E-state index is 5.42.